The average Bonchev–Trinajstić information content (AvgIpc) is 2.72. The number of amidine groups is 1. The van der Waals surface area contributed by atoms with Gasteiger partial charge in [0, 0.05) is 7.05 Å². The predicted octanol–water partition coefficient (Wildman–Crippen LogP) is 0.294. The van der Waals surface area contributed by atoms with Crippen LogP contribution in [0, 0.1) is 0 Å². The van der Waals surface area contributed by atoms with E-state index < -0.39 is 0 Å². The van der Waals surface area contributed by atoms with E-state index in [1.54, 1.807) is 17.9 Å². The molecular formula is C11H14N6. The third-order valence-corrected chi connectivity index (χ3v) is 2.32. The van der Waals surface area contributed by atoms with Crippen molar-refractivity contribution in [1.29, 1.82) is 0 Å². The molecule has 1 aromatic heterocycles. The van der Waals surface area contributed by atoms with Crippen molar-refractivity contribution in [3.8, 4) is 5.69 Å². The number of benzene rings is 1. The summed E-state index contributed by atoms with van der Waals surface area (Å²) in [6.45, 7) is 0. The number of nitrogen functional groups attached to an aromatic ring is 1. The topological polar surface area (TPSA) is 94.2 Å². The Bertz CT molecular complexity index is 528. The van der Waals surface area contributed by atoms with Crippen LogP contribution in [-0.2, 0) is 0 Å². The van der Waals surface area contributed by atoms with Crippen molar-refractivity contribution in [2.24, 2.45) is 10.8 Å². The zero-order valence-electron chi connectivity index (χ0n) is 9.46. The van der Waals surface area contributed by atoms with Crippen LogP contribution in [0.1, 0.15) is 5.56 Å². The lowest BCUT2D eigenvalue weighted by Gasteiger charge is -2.04. The Hall–Kier alpha value is -2.50. The number of hydrazone groups is 1. The van der Waals surface area contributed by atoms with Gasteiger partial charge in [-0.05, 0) is 12.1 Å². The van der Waals surface area contributed by atoms with Crippen molar-refractivity contribution in [2.45, 2.75) is 0 Å². The van der Waals surface area contributed by atoms with Gasteiger partial charge in [0.15, 0.2) is 5.84 Å². The van der Waals surface area contributed by atoms with Crippen molar-refractivity contribution in [3.05, 3.63) is 42.1 Å². The number of nitrogens with one attached hydrogen (secondary N) is 1. The summed E-state index contributed by atoms with van der Waals surface area (Å²) in [6.07, 6.45) is 1.60. The summed E-state index contributed by atoms with van der Waals surface area (Å²) < 4.78 is 1.62. The van der Waals surface area contributed by atoms with Gasteiger partial charge in [0.1, 0.15) is 5.82 Å². The Morgan fingerprint density at radius 2 is 2.06 bits per heavy atom. The minimum atomic E-state index is 0.312. The van der Waals surface area contributed by atoms with Crippen LogP contribution in [-0.4, -0.2) is 22.7 Å². The first-order valence-electron chi connectivity index (χ1n) is 5.13. The van der Waals surface area contributed by atoms with Gasteiger partial charge in [0.2, 0.25) is 0 Å². The van der Waals surface area contributed by atoms with Crippen molar-refractivity contribution >= 4 is 11.7 Å². The molecule has 0 saturated carbocycles. The van der Waals surface area contributed by atoms with Gasteiger partial charge in [-0.3, -0.25) is 0 Å². The van der Waals surface area contributed by atoms with Gasteiger partial charge >= 0.3 is 0 Å². The molecule has 0 atom stereocenters. The van der Waals surface area contributed by atoms with E-state index in [1.165, 1.54) is 0 Å². The average molecular weight is 230 g/mol. The molecule has 0 unspecified atom stereocenters. The van der Waals surface area contributed by atoms with Crippen LogP contribution in [0.2, 0.25) is 0 Å². The van der Waals surface area contributed by atoms with E-state index in [9.17, 15) is 0 Å². The van der Waals surface area contributed by atoms with E-state index in [0.29, 0.717) is 17.2 Å². The molecule has 0 aliphatic carbocycles. The van der Waals surface area contributed by atoms with Crippen molar-refractivity contribution in [2.75, 3.05) is 12.8 Å². The van der Waals surface area contributed by atoms with Crippen LogP contribution in [0.15, 0.2) is 41.6 Å². The molecule has 0 aliphatic heterocycles. The minimum Gasteiger partial charge on any atom is -0.383 e. The summed E-state index contributed by atoms with van der Waals surface area (Å²) >= 11 is 0. The Labute approximate surface area is 98.9 Å². The quantitative estimate of drug-likeness (QED) is 0.401. The van der Waals surface area contributed by atoms with E-state index in [0.717, 1.165) is 5.69 Å². The predicted molar refractivity (Wildman–Crippen MR) is 67.8 cm³/mol. The fourth-order valence-corrected chi connectivity index (χ4v) is 1.51. The minimum absolute atomic E-state index is 0.312. The number of para-hydroxylation sites is 1. The molecule has 2 rings (SSSR count). The Balaban J connectivity index is 2.44. The smallest absolute Gasteiger partial charge is 0.155 e. The van der Waals surface area contributed by atoms with Gasteiger partial charge in [-0.2, -0.15) is 10.2 Å². The van der Waals surface area contributed by atoms with Crippen LogP contribution in [0.5, 0.6) is 0 Å². The van der Waals surface area contributed by atoms with Gasteiger partial charge in [-0.15, -0.1) is 0 Å². The number of hydrogen-bond acceptors (Lipinski definition) is 4. The molecule has 17 heavy (non-hydrogen) atoms. The van der Waals surface area contributed by atoms with Gasteiger partial charge in [0.05, 0.1) is 17.4 Å². The first-order valence-corrected chi connectivity index (χ1v) is 5.13. The number of aromatic nitrogens is 2. The maximum Gasteiger partial charge on any atom is 0.155 e. The summed E-state index contributed by atoms with van der Waals surface area (Å²) in [5.74, 6) is 0.778. The molecule has 88 valence electrons. The van der Waals surface area contributed by atoms with Gasteiger partial charge in [-0.25, -0.2) is 4.68 Å². The van der Waals surface area contributed by atoms with Crippen LogP contribution < -0.4 is 16.9 Å². The van der Waals surface area contributed by atoms with Gasteiger partial charge in [0.25, 0.3) is 0 Å². The van der Waals surface area contributed by atoms with E-state index >= 15 is 0 Å². The van der Waals surface area contributed by atoms with Crippen LogP contribution >= 0.6 is 0 Å². The summed E-state index contributed by atoms with van der Waals surface area (Å²) in [5.41, 5.74) is 15.8. The summed E-state index contributed by atoms with van der Waals surface area (Å²) in [7, 11) is 1.67. The molecule has 0 saturated heterocycles. The largest absolute Gasteiger partial charge is 0.383 e. The number of anilines is 1. The van der Waals surface area contributed by atoms with Crippen LogP contribution in [0.4, 0.5) is 5.82 Å². The number of nitrogens with zero attached hydrogens (tertiary/aromatic N) is 3. The van der Waals surface area contributed by atoms with Gasteiger partial charge < -0.3 is 16.9 Å². The third-order valence-electron chi connectivity index (χ3n) is 2.32. The normalized spacial score (nSPS) is 11.5. The lowest BCUT2D eigenvalue weighted by molar-refractivity contribution is 0.891. The molecule has 1 aromatic carbocycles. The maximum atomic E-state index is 5.98. The first-order chi connectivity index (χ1) is 8.24. The fourth-order valence-electron chi connectivity index (χ4n) is 1.51. The number of rotatable bonds is 3. The summed E-state index contributed by atoms with van der Waals surface area (Å²) in [4.78, 5) is 0. The Morgan fingerprint density at radius 1 is 1.35 bits per heavy atom. The number of nitrogens with two attached hydrogens (primary N) is 2. The lowest BCUT2D eigenvalue weighted by Crippen LogP contribution is -2.18. The maximum absolute atomic E-state index is 5.98. The second kappa shape index (κ2) is 4.56. The second-order valence-corrected chi connectivity index (χ2v) is 3.41. The lowest BCUT2D eigenvalue weighted by atomic mass is 10.3. The van der Waals surface area contributed by atoms with Crippen molar-refractivity contribution in [3.63, 3.8) is 0 Å². The zero-order chi connectivity index (χ0) is 12.3. The molecular weight excluding hydrogens is 216 g/mol. The highest BCUT2D eigenvalue weighted by molar-refractivity contribution is 6.01. The monoisotopic (exact) mass is 230 g/mol. The highest BCUT2D eigenvalue weighted by Gasteiger charge is 2.11. The molecule has 0 spiro atoms. The summed E-state index contributed by atoms with van der Waals surface area (Å²) in [5, 5.41) is 8.07. The molecule has 0 amide bonds. The molecule has 0 radical (unpaired) electrons. The number of hydrogen-bond donors (Lipinski definition) is 3. The SMILES string of the molecule is CN/N=C(\N)c1cnn(-c2ccccc2)c1N. The Kier molecular flexibility index (Phi) is 2.95. The molecule has 0 aliphatic rings. The first kappa shape index (κ1) is 11.0. The fraction of sp³-hybridized carbons (Fsp3) is 0.0909. The van der Waals surface area contributed by atoms with Crippen LogP contribution in [0.3, 0.4) is 0 Å². The zero-order valence-corrected chi connectivity index (χ0v) is 9.46. The molecule has 2 aromatic rings. The highest BCUT2D eigenvalue weighted by atomic mass is 15.3. The molecule has 5 N–H and O–H groups in total. The van der Waals surface area contributed by atoms with E-state index in [-0.39, 0.29) is 0 Å². The third kappa shape index (κ3) is 2.05. The molecule has 0 bridgehead atoms. The molecule has 0 fully saturated rings. The van der Waals surface area contributed by atoms with Crippen LogP contribution in [0.25, 0.3) is 5.69 Å². The standard InChI is InChI=1S/C11H14N6/c1-14-16-10(12)9-7-15-17(11(9)13)8-5-3-2-4-6-8/h2-7,14H,13H2,1H3,(H2,12,16). The van der Waals surface area contributed by atoms with E-state index in [2.05, 4.69) is 15.6 Å². The Morgan fingerprint density at radius 3 is 2.71 bits per heavy atom. The van der Waals surface area contributed by atoms with Crippen molar-refractivity contribution < 1.29 is 0 Å². The molecule has 6 nitrogen and oxygen atoms in total. The van der Waals surface area contributed by atoms with E-state index in [4.69, 9.17) is 11.5 Å². The highest BCUT2D eigenvalue weighted by Crippen LogP contribution is 2.16. The van der Waals surface area contributed by atoms with Crippen molar-refractivity contribution in [1.82, 2.24) is 15.2 Å². The molecule has 1 heterocycles. The van der Waals surface area contributed by atoms with E-state index in [1.807, 2.05) is 30.3 Å². The second-order valence-electron chi connectivity index (χ2n) is 3.41. The summed E-state index contributed by atoms with van der Waals surface area (Å²) in [6, 6.07) is 9.60. The molecule has 6 heteroatoms. The van der Waals surface area contributed by atoms with Gasteiger partial charge in [-0.1, -0.05) is 18.2 Å².